The first kappa shape index (κ1) is 21.4. The van der Waals surface area contributed by atoms with E-state index in [-0.39, 0.29) is 12.5 Å². The van der Waals surface area contributed by atoms with Crippen molar-refractivity contribution in [3.63, 3.8) is 0 Å². The van der Waals surface area contributed by atoms with Gasteiger partial charge in [0.05, 0.1) is 0 Å². The van der Waals surface area contributed by atoms with Gasteiger partial charge in [0.2, 0.25) is 5.91 Å². The van der Waals surface area contributed by atoms with Gasteiger partial charge in [-0.15, -0.1) is 0 Å². The molecule has 0 saturated heterocycles. The van der Waals surface area contributed by atoms with Crippen LogP contribution in [0.15, 0.2) is 48.5 Å². The van der Waals surface area contributed by atoms with E-state index in [1.165, 1.54) is 6.92 Å². The molecule has 158 valence electrons. The van der Waals surface area contributed by atoms with E-state index in [2.05, 4.69) is 22.8 Å². The first-order valence-electron chi connectivity index (χ1n) is 10.1. The molecular formula is C23H26N2O5. The Balaban J connectivity index is 1.65. The van der Waals surface area contributed by atoms with E-state index >= 15 is 0 Å². The van der Waals surface area contributed by atoms with Gasteiger partial charge in [-0.2, -0.15) is 0 Å². The summed E-state index contributed by atoms with van der Waals surface area (Å²) in [6, 6.07) is 14.2. The highest BCUT2D eigenvalue weighted by Gasteiger charge is 2.30. The minimum atomic E-state index is -1.14. The Labute approximate surface area is 175 Å². The van der Waals surface area contributed by atoms with E-state index in [9.17, 15) is 14.4 Å². The Morgan fingerprint density at radius 2 is 1.57 bits per heavy atom. The zero-order valence-electron chi connectivity index (χ0n) is 17.1. The van der Waals surface area contributed by atoms with Gasteiger partial charge >= 0.3 is 12.1 Å². The Bertz CT molecular complexity index is 897. The average Bonchev–Trinajstić information content (AvgIpc) is 3.05. The van der Waals surface area contributed by atoms with Crippen LogP contribution in [0.2, 0.25) is 0 Å². The van der Waals surface area contributed by atoms with Gasteiger partial charge in [-0.3, -0.25) is 9.59 Å². The van der Waals surface area contributed by atoms with Gasteiger partial charge in [0.25, 0.3) is 0 Å². The number of nitrogens with one attached hydrogen (secondary N) is 2. The average molecular weight is 410 g/mol. The Morgan fingerprint density at radius 1 is 1.00 bits per heavy atom. The number of rotatable bonds is 8. The topological polar surface area (TPSA) is 105 Å². The number of amides is 2. The van der Waals surface area contributed by atoms with Crippen molar-refractivity contribution in [3.05, 3.63) is 59.7 Å². The summed E-state index contributed by atoms with van der Waals surface area (Å²) in [7, 11) is 0. The number of carboxylic acid groups (broad SMARTS) is 1. The van der Waals surface area contributed by atoms with Crippen LogP contribution in [-0.4, -0.2) is 41.8 Å². The predicted molar refractivity (Wildman–Crippen MR) is 112 cm³/mol. The second kappa shape index (κ2) is 9.43. The number of fused-ring (bicyclic) bond motifs is 3. The lowest BCUT2D eigenvalue weighted by Crippen LogP contribution is -2.50. The Hall–Kier alpha value is -3.35. The third-order valence-electron chi connectivity index (χ3n) is 5.26. The van der Waals surface area contributed by atoms with Gasteiger partial charge in [0.1, 0.15) is 18.7 Å². The summed E-state index contributed by atoms with van der Waals surface area (Å²) >= 11 is 0. The molecule has 0 bridgehead atoms. The molecule has 0 fully saturated rings. The van der Waals surface area contributed by atoms with Gasteiger partial charge in [-0.05, 0) is 35.6 Å². The number of carbonyl (C=O) groups excluding carboxylic acids is 2. The molecule has 7 heteroatoms. The summed E-state index contributed by atoms with van der Waals surface area (Å²) in [5.74, 6) is -1.76. The number of alkyl carbamates (subject to hydrolysis) is 1. The van der Waals surface area contributed by atoms with Crippen LogP contribution in [0.4, 0.5) is 4.79 Å². The van der Waals surface area contributed by atoms with Crippen LogP contribution in [0.3, 0.4) is 0 Å². The monoisotopic (exact) mass is 410 g/mol. The number of hydrogen-bond donors (Lipinski definition) is 3. The van der Waals surface area contributed by atoms with E-state index < -0.39 is 30.1 Å². The number of benzene rings is 2. The second-order valence-corrected chi connectivity index (χ2v) is 7.38. The van der Waals surface area contributed by atoms with Crippen LogP contribution >= 0.6 is 0 Å². The first-order valence-corrected chi connectivity index (χ1v) is 10.1. The van der Waals surface area contributed by atoms with Crippen LogP contribution in [0, 0.1) is 0 Å². The van der Waals surface area contributed by atoms with Crippen molar-refractivity contribution < 1.29 is 24.2 Å². The fraction of sp³-hybridized carbons (Fsp3) is 0.348. The molecule has 0 unspecified atom stereocenters. The molecule has 1 aliphatic rings. The molecule has 2 aromatic rings. The van der Waals surface area contributed by atoms with Gasteiger partial charge < -0.3 is 20.5 Å². The second-order valence-electron chi connectivity index (χ2n) is 7.38. The molecule has 7 nitrogen and oxygen atoms in total. The van der Waals surface area contributed by atoms with E-state index in [0.29, 0.717) is 12.8 Å². The van der Waals surface area contributed by atoms with E-state index in [1.807, 2.05) is 43.3 Å². The minimum Gasteiger partial charge on any atom is -0.480 e. The third kappa shape index (κ3) is 4.62. The van der Waals surface area contributed by atoms with Crippen molar-refractivity contribution in [2.24, 2.45) is 0 Å². The van der Waals surface area contributed by atoms with Crippen LogP contribution in [0.5, 0.6) is 0 Å². The molecular weight excluding hydrogens is 384 g/mol. The molecule has 30 heavy (non-hydrogen) atoms. The molecule has 2 aromatic carbocycles. The molecule has 0 aliphatic heterocycles. The summed E-state index contributed by atoms with van der Waals surface area (Å²) in [5.41, 5.74) is 4.47. The third-order valence-corrected chi connectivity index (χ3v) is 5.26. The lowest BCUT2D eigenvalue weighted by atomic mass is 9.98. The molecule has 3 N–H and O–H groups in total. The van der Waals surface area contributed by atoms with Crippen molar-refractivity contribution in [3.8, 4) is 11.1 Å². The van der Waals surface area contributed by atoms with Gasteiger partial charge in [0, 0.05) is 5.92 Å². The Kier molecular flexibility index (Phi) is 6.72. The highest BCUT2D eigenvalue weighted by molar-refractivity contribution is 5.89. The fourth-order valence-electron chi connectivity index (χ4n) is 3.72. The lowest BCUT2D eigenvalue weighted by molar-refractivity contribution is -0.141. The molecule has 0 aromatic heterocycles. The van der Waals surface area contributed by atoms with Crippen molar-refractivity contribution >= 4 is 18.0 Å². The normalized spacial score (nSPS) is 14.2. The van der Waals surface area contributed by atoms with Crippen LogP contribution in [0.25, 0.3) is 11.1 Å². The van der Waals surface area contributed by atoms with Crippen molar-refractivity contribution in [2.45, 2.75) is 44.7 Å². The summed E-state index contributed by atoms with van der Waals surface area (Å²) in [6.07, 6.45) is 0.319. The molecule has 1 aliphatic carbocycles. The SMILES string of the molecule is CCC[C@@H](NC(=O)OCC1c2ccccc2-c2ccccc21)C(=O)N[C@H](C)C(=O)O. The predicted octanol–water partition coefficient (Wildman–Crippen LogP) is 3.28. The quantitative estimate of drug-likeness (QED) is 0.619. The zero-order valence-corrected chi connectivity index (χ0v) is 17.1. The van der Waals surface area contributed by atoms with Gasteiger partial charge in [-0.25, -0.2) is 4.79 Å². The largest absolute Gasteiger partial charge is 0.480 e. The van der Waals surface area contributed by atoms with E-state index in [4.69, 9.17) is 9.84 Å². The van der Waals surface area contributed by atoms with Crippen molar-refractivity contribution in [2.75, 3.05) is 6.61 Å². The molecule has 0 saturated carbocycles. The van der Waals surface area contributed by atoms with E-state index in [1.54, 1.807) is 0 Å². The lowest BCUT2D eigenvalue weighted by Gasteiger charge is -2.20. The summed E-state index contributed by atoms with van der Waals surface area (Å²) < 4.78 is 5.47. The maximum Gasteiger partial charge on any atom is 0.407 e. The molecule has 0 spiro atoms. The van der Waals surface area contributed by atoms with Crippen molar-refractivity contribution in [1.29, 1.82) is 0 Å². The number of ether oxygens (including phenoxy) is 1. The van der Waals surface area contributed by atoms with Crippen LogP contribution < -0.4 is 10.6 Å². The summed E-state index contributed by atoms with van der Waals surface area (Å²) in [5, 5.41) is 13.9. The number of aliphatic carboxylic acids is 1. The van der Waals surface area contributed by atoms with Crippen LogP contribution in [0.1, 0.15) is 43.7 Å². The molecule has 2 amide bonds. The maximum absolute atomic E-state index is 12.4. The molecule has 0 heterocycles. The number of hydrogen-bond acceptors (Lipinski definition) is 4. The zero-order chi connectivity index (χ0) is 21.7. The highest BCUT2D eigenvalue weighted by atomic mass is 16.5. The Morgan fingerprint density at radius 3 is 2.10 bits per heavy atom. The van der Waals surface area contributed by atoms with Gasteiger partial charge in [0.15, 0.2) is 0 Å². The summed E-state index contributed by atoms with van der Waals surface area (Å²) in [6.45, 7) is 3.39. The van der Waals surface area contributed by atoms with Crippen LogP contribution in [-0.2, 0) is 14.3 Å². The molecule has 0 radical (unpaired) electrons. The molecule has 3 rings (SSSR count). The summed E-state index contributed by atoms with van der Waals surface area (Å²) in [4.78, 5) is 35.7. The smallest absolute Gasteiger partial charge is 0.407 e. The molecule has 2 atom stereocenters. The number of carboxylic acids is 1. The standard InChI is InChI=1S/C23H26N2O5/c1-3-8-20(21(26)24-14(2)22(27)28)25-23(29)30-13-19-17-11-6-4-9-15(17)16-10-5-7-12-18(16)19/h4-7,9-12,14,19-20H,3,8,13H2,1-2H3,(H,24,26)(H,25,29)(H,27,28)/t14-,20-/m1/s1. The maximum atomic E-state index is 12.4. The van der Waals surface area contributed by atoms with E-state index in [0.717, 1.165) is 22.3 Å². The first-order chi connectivity index (χ1) is 14.4. The highest BCUT2D eigenvalue weighted by Crippen LogP contribution is 2.44. The van der Waals surface area contributed by atoms with Gasteiger partial charge in [-0.1, -0.05) is 61.9 Å². The number of carbonyl (C=O) groups is 3. The minimum absolute atomic E-state index is 0.0753. The fourth-order valence-corrected chi connectivity index (χ4v) is 3.72. The van der Waals surface area contributed by atoms with Crippen molar-refractivity contribution in [1.82, 2.24) is 10.6 Å².